The summed E-state index contributed by atoms with van der Waals surface area (Å²) in [4.78, 5) is 29.5. The van der Waals surface area contributed by atoms with Crippen LogP contribution < -0.4 is 10.3 Å². The van der Waals surface area contributed by atoms with Crippen LogP contribution in [0.15, 0.2) is 46.9 Å². The number of aryl methyl sites for hydroxylation is 2. The lowest BCUT2D eigenvalue weighted by atomic mass is 10.1. The summed E-state index contributed by atoms with van der Waals surface area (Å²) in [6.45, 7) is 5.67. The summed E-state index contributed by atoms with van der Waals surface area (Å²) < 4.78 is 12.0. The van der Waals surface area contributed by atoms with E-state index in [0.717, 1.165) is 29.9 Å². The second-order valence-corrected chi connectivity index (χ2v) is 6.48. The minimum atomic E-state index is -0.848. The number of hydrogen-bond acceptors (Lipinski definition) is 6. The summed E-state index contributed by atoms with van der Waals surface area (Å²) in [7, 11) is 1.16. The first-order chi connectivity index (χ1) is 13.9. The van der Waals surface area contributed by atoms with Gasteiger partial charge >= 0.3 is 5.97 Å². The number of carbonyl (C=O) groups excluding carboxylic acids is 1. The van der Waals surface area contributed by atoms with Crippen molar-refractivity contribution in [3.8, 4) is 17.7 Å². The zero-order chi connectivity index (χ0) is 21.1. The van der Waals surface area contributed by atoms with Crippen molar-refractivity contribution in [1.29, 1.82) is 5.26 Å². The van der Waals surface area contributed by atoms with Gasteiger partial charge in [0.1, 0.15) is 28.6 Å². The largest absolute Gasteiger partial charge is 0.465 e. The minimum Gasteiger partial charge on any atom is -0.465 e. The quantitative estimate of drug-likeness (QED) is 0.385. The van der Waals surface area contributed by atoms with Gasteiger partial charge in [0.05, 0.1) is 7.11 Å². The van der Waals surface area contributed by atoms with Crippen LogP contribution in [0.3, 0.4) is 0 Å². The van der Waals surface area contributed by atoms with Gasteiger partial charge in [-0.25, -0.2) is 4.79 Å². The SMILES string of the molecule is COC(=O)C(C#N)=Cc1c(Oc2cccc(C)c2C)nc2c(C)cccn2c1=O. The van der Waals surface area contributed by atoms with E-state index in [9.17, 15) is 14.9 Å². The molecule has 0 radical (unpaired) electrons. The van der Waals surface area contributed by atoms with Crippen LogP contribution in [0.25, 0.3) is 11.7 Å². The third-order valence-corrected chi connectivity index (χ3v) is 4.63. The Morgan fingerprint density at radius 1 is 1.17 bits per heavy atom. The fourth-order valence-corrected chi connectivity index (χ4v) is 2.82. The van der Waals surface area contributed by atoms with Crippen molar-refractivity contribution in [2.45, 2.75) is 20.8 Å². The first-order valence-electron chi connectivity index (χ1n) is 8.83. The van der Waals surface area contributed by atoms with Crippen LogP contribution in [-0.4, -0.2) is 22.5 Å². The van der Waals surface area contributed by atoms with Crippen LogP contribution in [0.5, 0.6) is 11.6 Å². The van der Waals surface area contributed by atoms with Gasteiger partial charge in [0.25, 0.3) is 5.56 Å². The molecular weight excluding hydrogens is 370 g/mol. The van der Waals surface area contributed by atoms with Gasteiger partial charge < -0.3 is 9.47 Å². The Kier molecular flexibility index (Phi) is 5.46. The molecule has 0 unspecified atom stereocenters. The number of ether oxygens (including phenoxy) is 2. The van der Waals surface area contributed by atoms with Gasteiger partial charge in [0, 0.05) is 6.20 Å². The minimum absolute atomic E-state index is 0.00894. The second kappa shape index (κ2) is 7.98. The third-order valence-electron chi connectivity index (χ3n) is 4.63. The maximum atomic E-state index is 13.1. The highest BCUT2D eigenvalue weighted by Crippen LogP contribution is 2.28. The summed E-state index contributed by atoms with van der Waals surface area (Å²) in [6, 6.07) is 10.8. The molecule has 7 heteroatoms. The predicted molar refractivity (Wildman–Crippen MR) is 108 cm³/mol. The number of nitrogens with zero attached hydrogens (tertiary/aromatic N) is 3. The smallest absolute Gasteiger partial charge is 0.348 e. The Morgan fingerprint density at radius 3 is 2.59 bits per heavy atom. The first-order valence-corrected chi connectivity index (χ1v) is 8.83. The Morgan fingerprint density at radius 2 is 1.90 bits per heavy atom. The van der Waals surface area contributed by atoms with Crippen LogP contribution in [0.2, 0.25) is 0 Å². The van der Waals surface area contributed by atoms with Crippen molar-refractivity contribution in [2.75, 3.05) is 7.11 Å². The zero-order valence-electron chi connectivity index (χ0n) is 16.5. The Balaban J connectivity index is 2.32. The highest BCUT2D eigenvalue weighted by atomic mass is 16.5. The molecule has 2 heterocycles. The number of carbonyl (C=O) groups is 1. The van der Waals surface area contributed by atoms with Crippen molar-refractivity contribution in [3.05, 3.63) is 74.7 Å². The molecule has 0 saturated carbocycles. The van der Waals surface area contributed by atoms with E-state index in [1.165, 1.54) is 4.40 Å². The van der Waals surface area contributed by atoms with Gasteiger partial charge in [-0.1, -0.05) is 18.2 Å². The average Bonchev–Trinajstić information content (AvgIpc) is 2.71. The van der Waals surface area contributed by atoms with Crippen molar-refractivity contribution in [1.82, 2.24) is 9.38 Å². The number of hydrogen-bond donors (Lipinski definition) is 0. The molecule has 0 aliphatic rings. The van der Waals surface area contributed by atoms with Crippen LogP contribution in [0.1, 0.15) is 22.3 Å². The van der Waals surface area contributed by atoms with Gasteiger partial charge in [0.2, 0.25) is 5.88 Å². The molecule has 2 aromatic heterocycles. The molecule has 0 amide bonds. The number of benzene rings is 1. The van der Waals surface area contributed by atoms with Crippen molar-refractivity contribution in [3.63, 3.8) is 0 Å². The van der Waals surface area contributed by atoms with E-state index in [0.29, 0.717) is 11.4 Å². The van der Waals surface area contributed by atoms with Crippen molar-refractivity contribution in [2.24, 2.45) is 0 Å². The molecule has 0 atom stereocenters. The van der Waals surface area contributed by atoms with Gasteiger partial charge in [0.15, 0.2) is 0 Å². The van der Waals surface area contributed by atoms with Gasteiger partial charge in [-0.3, -0.25) is 9.20 Å². The second-order valence-electron chi connectivity index (χ2n) is 6.48. The number of esters is 1. The molecule has 7 nitrogen and oxygen atoms in total. The van der Waals surface area contributed by atoms with Gasteiger partial charge in [-0.05, 0) is 55.7 Å². The molecule has 3 rings (SSSR count). The molecule has 0 bridgehead atoms. The lowest BCUT2D eigenvalue weighted by Crippen LogP contribution is -2.20. The standard InChI is InChI=1S/C22H19N3O4/c1-13-7-5-9-18(15(13)3)29-20-17(11-16(12-23)22(27)28-4)21(26)25-10-6-8-14(2)19(25)24-20/h5-11H,1-4H3. The van der Waals surface area contributed by atoms with E-state index in [1.54, 1.807) is 24.4 Å². The van der Waals surface area contributed by atoms with E-state index in [2.05, 4.69) is 9.72 Å². The third kappa shape index (κ3) is 3.73. The summed E-state index contributed by atoms with van der Waals surface area (Å²) in [6.07, 6.45) is 2.72. The highest BCUT2D eigenvalue weighted by Gasteiger charge is 2.18. The van der Waals surface area contributed by atoms with Crippen molar-refractivity contribution >= 4 is 17.7 Å². The van der Waals surface area contributed by atoms with E-state index in [1.807, 2.05) is 39.0 Å². The number of pyridine rings is 1. The first kappa shape index (κ1) is 19.8. The Labute approximate surface area is 167 Å². The average molecular weight is 389 g/mol. The summed E-state index contributed by atoms with van der Waals surface area (Å²) in [5, 5.41) is 9.31. The highest BCUT2D eigenvalue weighted by molar-refractivity contribution is 5.98. The maximum absolute atomic E-state index is 13.1. The molecule has 0 saturated heterocycles. The zero-order valence-corrected chi connectivity index (χ0v) is 16.5. The molecule has 0 fully saturated rings. The van der Waals surface area contributed by atoms with E-state index >= 15 is 0 Å². The molecule has 0 aliphatic carbocycles. The molecular formula is C22H19N3O4. The van der Waals surface area contributed by atoms with E-state index in [4.69, 9.17) is 4.74 Å². The molecule has 146 valence electrons. The number of fused-ring (bicyclic) bond motifs is 1. The van der Waals surface area contributed by atoms with Crippen LogP contribution in [0.4, 0.5) is 0 Å². The predicted octanol–water partition coefficient (Wildman–Crippen LogP) is 3.49. The van der Waals surface area contributed by atoms with Gasteiger partial charge in [-0.2, -0.15) is 10.2 Å². The summed E-state index contributed by atoms with van der Waals surface area (Å²) in [5.41, 5.74) is 2.30. The molecule has 0 spiro atoms. The monoisotopic (exact) mass is 389 g/mol. The lowest BCUT2D eigenvalue weighted by molar-refractivity contribution is -0.135. The molecule has 3 aromatic rings. The van der Waals surface area contributed by atoms with E-state index < -0.39 is 11.5 Å². The van der Waals surface area contributed by atoms with Gasteiger partial charge in [-0.15, -0.1) is 0 Å². The normalized spacial score (nSPS) is 11.2. The summed E-state index contributed by atoms with van der Waals surface area (Å²) >= 11 is 0. The molecule has 29 heavy (non-hydrogen) atoms. The molecule has 0 aliphatic heterocycles. The Bertz CT molecular complexity index is 1250. The Hall–Kier alpha value is -3.92. The fraction of sp³-hybridized carbons (Fsp3) is 0.182. The van der Waals surface area contributed by atoms with Crippen LogP contribution in [-0.2, 0) is 9.53 Å². The number of methoxy groups -OCH3 is 1. The van der Waals surface area contributed by atoms with Crippen molar-refractivity contribution < 1.29 is 14.3 Å². The fourth-order valence-electron chi connectivity index (χ4n) is 2.82. The number of nitriles is 1. The topological polar surface area (TPSA) is 93.7 Å². The molecule has 1 aromatic carbocycles. The van der Waals surface area contributed by atoms with Crippen LogP contribution >= 0.6 is 0 Å². The maximum Gasteiger partial charge on any atom is 0.348 e. The van der Waals surface area contributed by atoms with E-state index in [-0.39, 0.29) is 17.0 Å². The number of rotatable bonds is 4. The number of aromatic nitrogens is 2. The molecule has 0 N–H and O–H groups in total. The van der Waals surface area contributed by atoms with Crippen LogP contribution in [0, 0.1) is 32.1 Å². The lowest BCUT2D eigenvalue weighted by Gasteiger charge is -2.13. The summed E-state index contributed by atoms with van der Waals surface area (Å²) in [5.74, 6) is -0.311.